The molecule has 4 heteroatoms. The summed E-state index contributed by atoms with van der Waals surface area (Å²) < 4.78 is 0. The van der Waals surface area contributed by atoms with Gasteiger partial charge in [-0.1, -0.05) is 23.2 Å². The van der Waals surface area contributed by atoms with Crippen LogP contribution in [-0.4, -0.2) is 4.98 Å². The molecule has 0 aliphatic heterocycles. The number of rotatable bonds is 0. The first-order valence-electron chi connectivity index (χ1n) is 2.69. The van der Waals surface area contributed by atoms with Crippen molar-refractivity contribution in [2.75, 3.05) is 5.73 Å². The molecule has 1 rings (SSSR count). The van der Waals surface area contributed by atoms with Crippen LogP contribution < -0.4 is 5.73 Å². The van der Waals surface area contributed by atoms with Crippen LogP contribution in [-0.2, 0) is 0 Å². The predicted octanol–water partition coefficient (Wildman–Crippen LogP) is 2.28. The minimum absolute atomic E-state index is 0.402. The number of aromatic nitrogens is 1. The first-order chi connectivity index (χ1) is 4.63. The summed E-state index contributed by atoms with van der Waals surface area (Å²) in [7, 11) is 0. The summed E-state index contributed by atoms with van der Waals surface area (Å²) in [5, 5.41) is 0.888. The minimum atomic E-state index is 0.402. The summed E-state index contributed by atoms with van der Waals surface area (Å²) in [4.78, 5) is 3.80. The first kappa shape index (κ1) is 7.63. The molecule has 0 saturated carbocycles. The third kappa shape index (κ3) is 1.18. The van der Waals surface area contributed by atoms with Gasteiger partial charge in [0.1, 0.15) is 5.15 Å². The molecule has 0 aromatic carbocycles. The maximum absolute atomic E-state index is 5.73. The van der Waals surface area contributed by atoms with Gasteiger partial charge >= 0.3 is 0 Å². The second-order valence-electron chi connectivity index (χ2n) is 1.94. The molecule has 0 bridgehead atoms. The van der Waals surface area contributed by atoms with Crippen LogP contribution in [0.5, 0.6) is 0 Å². The fourth-order valence-corrected chi connectivity index (χ4v) is 0.917. The van der Waals surface area contributed by atoms with E-state index in [2.05, 4.69) is 4.98 Å². The standard InChI is InChI=1S/C6H6Cl2N2/c1-3-5(7)4(9)2-10-6(3)8/h2H,9H2,1H3. The van der Waals surface area contributed by atoms with E-state index in [-0.39, 0.29) is 0 Å². The number of nitrogens with two attached hydrogens (primary N) is 1. The summed E-state index contributed by atoms with van der Waals surface area (Å²) in [6.07, 6.45) is 1.44. The Kier molecular flexibility index (Phi) is 2.02. The fraction of sp³-hybridized carbons (Fsp3) is 0.167. The van der Waals surface area contributed by atoms with Gasteiger partial charge in [0, 0.05) is 5.56 Å². The number of halogens is 2. The van der Waals surface area contributed by atoms with Crippen molar-refractivity contribution in [3.05, 3.63) is 21.9 Å². The van der Waals surface area contributed by atoms with Gasteiger partial charge in [0.05, 0.1) is 16.9 Å². The lowest BCUT2D eigenvalue weighted by Gasteiger charge is -2.01. The molecule has 1 heterocycles. The summed E-state index contributed by atoms with van der Waals surface area (Å²) >= 11 is 11.4. The highest BCUT2D eigenvalue weighted by Crippen LogP contribution is 2.26. The van der Waals surface area contributed by atoms with E-state index < -0.39 is 0 Å². The second kappa shape index (κ2) is 2.64. The lowest BCUT2D eigenvalue weighted by atomic mass is 10.3. The number of nitrogen functional groups attached to an aromatic ring is 1. The molecular formula is C6H6Cl2N2. The normalized spacial score (nSPS) is 9.90. The molecule has 0 aliphatic rings. The lowest BCUT2D eigenvalue weighted by Crippen LogP contribution is -1.91. The van der Waals surface area contributed by atoms with Crippen molar-refractivity contribution in [1.29, 1.82) is 0 Å². The average molecular weight is 177 g/mol. The van der Waals surface area contributed by atoms with Crippen molar-refractivity contribution >= 4 is 28.9 Å². The highest BCUT2D eigenvalue weighted by atomic mass is 35.5. The van der Waals surface area contributed by atoms with Crippen molar-refractivity contribution in [2.24, 2.45) is 0 Å². The molecule has 2 nitrogen and oxygen atoms in total. The van der Waals surface area contributed by atoms with Crippen molar-refractivity contribution in [3.8, 4) is 0 Å². The number of hydrogen-bond acceptors (Lipinski definition) is 2. The SMILES string of the molecule is Cc1c(Cl)ncc(N)c1Cl. The van der Waals surface area contributed by atoms with Gasteiger partial charge < -0.3 is 5.73 Å². The van der Waals surface area contributed by atoms with Gasteiger partial charge in [0.15, 0.2) is 0 Å². The van der Waals surface area contributed by atoms with Gasteiger partial charge in [0.2, 0.25) is 0 Å². The topological polar surface area (TPSA) is 38.9 Å². The highest BCUT2D eigenvalue weighted by molar-refractivity contribution is 6.36. The lowest BCUT2D eigenvalue weighted by molar-refractivity contribution is 1.27. The van der Waals surface area contributed by atoms with E-state index in [9.17, 15) is 0 Å². The molecule has 0 aliphatic carbocycles. The third-order valence-electron chi connectivity index (χ3n) is 1.21. The summed E-state index contributed by atoms with van der Waals surface area (Å²) in [6, 6.07) is 0. The molecule has 0 atom stereocenters. The smallest absolute Gasteiger partial charge is 0.133 e. The molecule has 0 spiro atoms. The van der Waals surface area contributed by atoms with Crippen LogP contribution in [0.4, 0.5) is 5.69 Å². The van der Waals surface area contributed by atoms with Gasteiger partial charge in [-0.3, -0.25) is 0 Å². The minimum Gasteiger partial charge on any atom is -0.396 e. The van der Waals surface area contributed by atoms with E-state index in [1.54, 1.807) is 6.92 Å². The van der Waals surface area contributed by atoms with Crippen LogP contribution >= 0.6 is 23.2 Å². The maximum Gasteiger partial charge on any atom is 0.133 e. The van der Waals surface area contributed by atoms with Crippen LogP contribution in [0.2, 0.25) is 10.2 Å². The van der Waals surface area contributed by atoms with E-state index >= 15 is 0 Å². The Bertz CT molecular complexity index is 233. The van der Waals surface area contributed by atoms with Gasteiger partial charge in [-0.2, -0.15) is 0 Å². The third-order valence-corrected chi connectivity index (χ3v) is 2.09. The van der Waals surface area contributed by atoms with Crippen LogP contribution in [0.3, 0.4) is 0 Å². The van der Waals surface area contributed by atoms with Gasteiger partial charge in [-0.15, -0.1) is 0 Å². The predicted molar refractivity (Wildman–Crippen MR) is 43.4 cm³/mol. The van der Waals surface area contributed by atoms with Gasteiger partial charge in [0.25, 0.3) is 0 Å². The number of nitrogens with zero attached hydrogens (tertiary/aromatic N) is 1. The molecule has 0 radical (unpaired) electrons. The van der Waals surface area contributed by atoms with E-state index in [0.717, 1.165) is 5.56 Å². The molecule has 0 amide bonds. The zero-order valence-electron chi connectivity index (χ0n) is 5.36. The van der Waals surface area contributed by atoms with Crippen LogP contribution in [0.15, 0.2) is 6.20 Å². The zero-order valence-corrected chi connectivity index (χ0v) is 6.87. The molecule has 1 aromatic rings. The first-order valence-corrected chi connectivity index (χ1v) is 3.44. The monoisotopic (exact) mass is 176 g/mol. The maximum atomic E-state index is 5.73. The Balaban J connectivity index is 3.34. The molecule has 2 N–H and O–H groups in total. The Morgan fingerprint density at radius 1 is 1.50 bits per heavy atom. The summed E-state index contributed by atoms with van der Waals surface area (Å²) in [5.74, 6) is 0. The Morgan fingerprint density at radius 3 is 2.60 bits per heavy atom. The molecule has 0 fully saturated rings. The van der Waals surface area contributed by atoms with Crippen LogP contribution in [0.1, 0.15) is 5.56 Å². The fourth-order valence-electron chi connectivity index (χ4n) is 0.587. The quantitative estimate of drug-likeness (QED) is 0.617. The van der Waals surface area contributed by atoms with Crippen molar-refractivity contribution in [1.82, 2.24) is 4.98 Å². The van der Waals surface area contributed by atoms with Crippen LogP contribution in [0.25, 0.3) is 0 Å². The average Bonchev–Trinajstić information content (AvgIpc) is 1.93. The van der Waals surface area contributed by atoms with Gasteiger partial charge in [-0.05, 0) is 6.92 Å². The number of pyridine rings is 1. The van der Waals surface area contributed by atoms with Gasteiger partial charge in [-0.25, -0.2) is 4.98 Å². The van der Waals surface area contributed by atoms with Crippen molar-refractivity contribution < 1.29 is 0 Å². The largest absolute Gasteiger partial charge is 0.396 e. The second-order valence-corrected chi connectivity index (χ2v) is 2.68. The van der Waals surface area contributed by atoms with E-state index in [4.69, 9.17) is 28.9 Å². The van der Waals surface area contributed by atoms with E-state index in [0.29, 0.717) is 15.9 Å². The zero-order chi connectivity index (χ0) is 7.72. The molecule has 1 aromatic heterocycles. The van der Waals surface area contributed by atoms with E-state index in [1.807, 2.05) is 0 Å². The number of anilines is 1. The van der Waals surface area contributed by atoms with Crippen molar-refractivity contribution in [2.45, 2.75) is 6.92 Å². The number of hydrogen-bond donors (Lipinski definition) is 1. The Labute approximate surface area is 69.0 Å². The molecule has 0 saturated heterocycles. The Morgan fingerprint density at radius 2 is 2.10 bits per heavy atom. The molecular weight excluding hydrogens is 171 g/mol. The van der Waals surface area contributed by atoms with Crippen molar-refractivity contribution in [3.63, 3.8) is 0 Å². The molecule has 10 heavy (non-hydrogen) atoms. The highest BCUT2D eigenvalue weighted by Gasteiger charge is 2.03. The Hall–Kier alpha value is -0.470. The molecule has 0 unspecified atom stereocenters. The molecule has 54 valence electrons. The van der Waals surface area contributed by atoms with Crippen LogP contribution in [0, 0.1) is 6.92 Å². The van der Waals surface area contributed by atoms with E-state index in [1.165, 1.54) is 6.20 Å². The summed E-state index contributed by atoms with van der Waals surface area (Å²) in [5.41, 5.74) is 6.62. The summed E-state index contributed by atoms with van der Waals surface area (Å²) in [6.45, 7) is 1.77.